The van der Waals surface area contributed by atoms with E-state index in [2.05, 4.69) is 44.2 Å². The predicted octanol–water partition coefficient (Wildman–Crippen LogP) is 9.26. The van der Waals surface area contributed by atoms with E-state index in [9.17, 15) is 0 Å². The van der Waals surface area contributed by atoms with Gasteiger partial charge in [-0.25, -0.2) is 4.39 Å². The predicted molar refractivity (Wildman–Crippen MR) is 145 cm³/mol. The summed E-state index contributed by atoms with van der Waals surface area (Å²) in [5.41, 5.74) is 4.45. The van der Waals surface area contributed by atoms with Crippen molar-refractivity contribution in [2.75, 3.05) is 0 Å². The molecule has 2 heteroatoms. The second kappa shape index (κ2) is 12.3. The molecule has 0 saturated heterocycles. The van der Waals surface area contributed by atoms with Crippen LogP contribution in [0.15, 0.2) is 42.5 Å². The third-order valence-corrected chi connectivity index (χ3v) is 10.4. The highest BCUT2D eigenvalue weighted by Crippen LogP contribution is 2.40. The molecule has 2 saturated carbocycles. The Morgan fingerprint density at radius 1 is 0.727 bits per heavy atom. The van der Waals surface area contributed by atoms with Gasteiger partial charge in [0.2, 0.25) is 0 Å². The fraction of sp³-hybridized carbons (Fsp3) is 0.613. The van der Waals surface area contributed by atoms with Gasteiger partial charge in [0.1, 0.15) is 5.82 Å². The number of halogens is 1. The van der Waals surface area contributed by atoms with Crippen LogP contribution in [0.2, 0.25) is 12.1 Å². The number of hydrogen-bond donors (Lipinski definition) is 0. The van der Waals surface area contributed by atoms with Crippen LogP contribution in [-0.2, 0) is 0 Å². The van der Waals surface area contributed by atoms with Gasteiger partial charge in [-0.1, -0.05) is 81.6 Å². The van der Waals surface area contributed by atoms with Crippen molar-refractivity contribution >= 4 is 9.52 Å². The van der Waals surface area contributed by atoms with Crippen molar-refractivity contribution in [3.8, 4) is 11.1 Å². The Bertz CT molecular complexity index is 842. The van der Waals surface area contributed by atoms with E-state index in [4.69, 9.17) is 0 Å². The molecule has 0 nitrogen and oxygen atoms in total. The van der Waals surface area contributed by atoms with Crippen molar-refractivity contribution < 1.29 is 4.39 Å². The van der Waals surface area contributed by atoms with Gasteiger partial charge in [-0.2, -0.15) is 0 Å². The first-order chi connectivity index (χ1) is 16.2. The van der Waals surface area contributed by atoms with Crippen molar-refractivity contribution in [1.82, 2.24) is 0 Å². The Morgan fingerprint density at radius 3 is 1.88 bits per heavy atom. The van der Waals surface area contributed by atoms with Gasteiger partial charge >= 0.3 is 0 Å². The minimum absolute atomic E-state index is 0.0450. The largest absolute Gasteiger partial charge is 0.206 e. The molecule has 4 rings (SSSR count). The molecule has 0 aliphatic heterocycles. The molecule has 0 heterocycles. The van der Waals surface area contributed by atoms with Crippen LogP contribution in [0, 0.1) is 17.7 Å². The van der Waals surface area contributed by atoms with E-state index < -0.39 is 0 Å². The molecule has 2 aliphatic carbocycles. The topological polar surface area (TPSA) is 0 Å². The second-order valence-corrected chi connectivity index (χ2v) is 13.5. The molecule has 0 atom stereocenters. The number of rotatable bonds is 9. The van der Waals surface area contributed by atoms with Crippen molar-refractivity contribution in [3.63, 3.8) is 0 Å². The molecule has 180 valence electrons. The van der Waals surface area contributed by atoms with Gasteiger partial charge in [-0.15, -0.1) is 0 Å². The Morgan fingerprint density at radius 2 is 1.30 bits per heavy atom. The summed E-state index contributed by atoms with van der Waals surface area (Å²) in [6.07, 6.45) is 14.7. The minimum atomic E-state index is -0.0450. The average molecular weight is 465 g/mol. The molecule has 0 spiro atoms. The quantitative estimate of drug-likeness (QED) is 0.256. The molecular weight excluding hydrogens is 419 g/mol. The van der Waals surface area contributed by atoms with Crippen LogP contribution in [0.3, 0.4) is 0 Å². The summed E-state index contributed by atoms with van der Waals surface area (Å²) < 4.78 is 15.1. The lowest BCUT2D eigenvalue weighted by molar-refractivity contribution is 0.308. The highest BCUT2D eigenvalue weighted by Gasteiger charge is 2.24. The summed E-state index contributed by atoms with van der Waals surface area (Å²) in [4.78, 5) is 0. The van der Waals surface area contributed by atoms with Crippen LogP contribution < -0.4 is 0 Å². The Kier molecular flexibility index (Phi) is 9.24. The maximum atomic E-state index is 15.1. The van der Waals surface area contributed by atoms with Crippen LogP contribution in [0.1, 0.15) is 107 Å². The zero-order valence-electron chi connectivity index (χ0n) is 21.1. The highest BCUT2D eigenvalue weighted by atomic mass is 28.2. The molecule has 33 heavy (non-hydrogen) atoms. The van der Waals surface area contributed by atoms with Crippen LogP contribution in [-0.4, -0.2) is 9.52 Å². The van der Waals surface area contributed by atoms with Gasteiger partial charge in [-0.05, 0) is 97.8 Å². The van der Waals surface area contributed by atoms with Gasteiger partial charge in [0.15, 0.2) is 0 Å². The van der Waals surface area contributed by atoms with Crippen molar-refractivity contribution in [2.24, 2.45) is 11.8 Å². The average Bonchev–Trinajstić information content (AvgIpc) is 2.85. The van der Waals surface area contributed by atoms with Crippen LogP contribution in [0.4, 0.5) is 4.39 Å². The minimum Gasteiger partial charge on any atom is -0.206 e. The lowest BCUT2D eigenvalue weighted by Crippen LogP contribution is -2.14. The SMILES string of the molecule is CCCC1CCC(c2ccc(-c3ccc(C4CCC(CC[SiH2]CC)CC4)cc3F)cc2)CC1. The maximum absolute atomic E-state index is 15.1. The normalized spacial score (nSPS) is 26.2. The zero-order valence-corrected chi connectivity index (χ0v) is 22.5. The molecule has 0 aromatic heterocycles. The first-order valence-electron chi connectivity index (χ1n) is 14.1. The van der Waals surface area contributed by atoms with Gasteiger partial charge in [0.05, 0.1) is 0 Å². The van der Waals surface area contributed by atoms with E-state index in [-0.39, 0.29) is 15.3 Å². The van der Waals surface area contributed by atoms with Crippen LogP contribution >= 0.6 is 0 Å². The fourth-order valence-electron chi connectivity index (χ4n) is 6.61. The van der Waals surface area contributed by atoms with Gasteiger partial charge in [0.25, 0.3) is 0 Å². The van der Waals surface area contributed by atoms with E-state index in [1.165, 1.54) is 93.8 Å². The second-order valence-electron chi connectivity index (χ2n) is 11.1. The van der Waals surface area contributed by atoms with E-state index in [0.29, 0.717) is 11.8 Å². The Hall–Kier alpha value is -1.41. The molecule has 2 aliphatic rings. The molecule has 2 fully saturated rings. The Labute approximate surface area is 204 Å². The third kappa shape index (κ3) is 6.59. The number of benzene rings is 2. The summed E-state index contributed by atoms with van der Waals surface area (Å²) in [6, 6.07) is 17.9. The lowest BCUT2D eigenvalue weighted by Gasteiger charge is -2.29. The summed E-state index contributed by atoms with van der Waals surface area (Å²) in [7, 11) is 0.215. The molecule has 2 aromatic carbocycles. The van der Waals surface area contributed by atoms with E-state index in [1.807, 2.05) is 12.1 Å². The first kappa shape index (κ1) is 24.7. The summed E-state index contributed by atoms with van der Waals surface area (Å²) >= 11 is 0. The molecule has 2 aromatic rings. The van der Waals surface area contributed by atoms with Crippen molar-refractivity contribution in [2.45, 2.75) is 108 Å². The molecular formula is C31H45FSi. The first-order valence-corrected chi connectivity index (χ1v) is 16.1. The number of hydrogen-bond acceptors (Lipinski definition) is 0. The Balaban J connectivity index is 1.34. The van der Waals surface area contributed by atoms with E-state index in [1.54, 1.807) is 0 Å². The van der Waals surface area contributed by atoms with Crippen molar-refractivity contribution in [3.05, 3.63) is 59.4 Å². The van der Waals surface area contributed by atoms with E-state index in [0.717, 1.165) is 23.0 Å². The lowest BCUT2D eigenvalue weighted by atomic mass is 9.77. The molecule has 0 amide bonds. The zero-order chi connectivity index (χ0) is 23.0. The fourth-order valence-corrected chi connectivity index (χ4v) is 7.98. The van der Waals surface area contributed by atoms with Crippen molar-refractivity contribution in [1.29, 1.82) is 0 Å². The summed E-state index contributed by atoms with van der Waals surface area (Å²) in [5, 5.41) is 0. The van der Waals surface area contributed by atoms with E-state index >= 15 is 4.39 Å². The van der Waals surface area contributed by atoms with Crippen LogP contribution in [0.25, 0.3) is 11.1 Å². The maximum Gasteiger partial charge on any atom is 0.131 e. The standard InChI is InChI=1S/C31H45FSi/c1-3-5-23-6-10-25(11-7-23)26-14-16-28(17-15-26)30-19-18-29(22-31(30)32)27-12-8-24(9-13-27)20-21-33-4-2/h14-19,22-25,27H,3-13,20-21,33H2,1-2H3. The molecule has 0 bridgehead atoms. The summed E-state index contributed by atoms with van der Waals surface area (Å²) in [6.45, 7) is 4.65. The monoisotopic (exact) mass is 464 g/mol. The van der Waals surface area contributed by atoms with Gasteiger partial charge in [-0.3, -0.25) is 0 Å². The third-order valence-electron chi connectivity index (χ3n) is 8.76. The van der Waals surface area contributed by atoms with Gasteiger partial charge < -0.3 is 0 Å². The molecule has 0 radical (unpaired) electrons. The highest BCUT2D eigenvalue weighted by molar-refractivity contribution is 6.35. The molecule has 0 unspecified atom stereocenters. The molecule has 0 N–H and O–H groups in total. The van der Waals surface area contributed by atoms with Gasteiger partial charge in [0, 0.05) is 15.1 Å². The van der Waals surface area contributed by atoms with Crippen LogP contribution in [0.5, 0.6) is 0 Å². The summed E-state index contributed by atoms with van der Waals surface area (Å²) in [5.74, 6) is 3.08. The smallest absolute Gasteiger partial charge is 0.131 e.